The van der Waals surface area contributed by atoms with E-state index in [2.05, 4.69) is 0 Å². The van der Waals surface area contributed by atoms with Crippen LogP contribution in [0.4, 0.5) is 0 Å². The third-order valence-electron chi connectivity index (χ3n) is 4.96. The molecule has 1 heterocycles. The van der Waals surface area contributed by atoms with Crippen molar-refractivity contribution < 1.29 is 5.11 Å². The fourth-order valence-corrected chi connectivity index (χ4v) is 3.61. The van der Waals surface area contributed by atoms with Gasteiger partial charge in [0.15, 0.2) is 0 Å². The van der Waals surface area contributed by atoms with E-state index in [0.717, 1.165) is 27.6 Å². The summed E-state index contributed by atoms with van der Waals surface area (Å²) in [5.41, 5.74) is 4.13. The molecular formula is C24H21NO2. The van der Waals surface area contributed by atoms with Crippen LogP contribution >= 0.6 is 0 Å². The predicted octanol–water partition coefficient (Wildman–Crippen LogP) is 4.65. The Bertz CT molecular complexity index is 1150. The maximum absolute atomic E-state index is 13.4. The highest BCUT2D eigenvalue weighted by Gasteiger charge is 2.18. The molecule has 1 N–H and O–H groups in total. The molecule has 3 heteroatoms. The van der Waals surface area contributed by atoms with Gasteiger partial charge in [0, 0.05) is 11.8 Å². The summed E-state index contributed by atoms with van der Waals surface area (Å²) in [5.74, 6) is 0.0897. The van der Waals surface area contributed by atoms with Crippen LogP contribution in [0.3, 0.4) is 0 Å². The summed E-state index contributed by atoms with van der Waals surface area (Å²) in [6.45, 7) is 2.45. The first-order valence-corrected chi connectivity index (χ1v) is 9.07. The average Bonchev–Trinajstić information content (AvgIpc) is 2.70. The molecule has 0 amide bonds. The molecule has 4 rings (SSSR count). The molecule has 0 radical (unpaired) electrons. The Morgan fingerprint density at radius 3 is 2.11 bits per heavy atom. The van der Waals surface area contributed by atoms with Crippen LogP contribution in [0.2, 0.25) is 0 Å². The molecule has 0 saturated heterocycles. The van der Waals surface area contributed by atoms with Crippen molar-refractivity contribution in [2.24, 2.45) is 0 Å². The van der Waals surface area contributed by atoms with Gasteiger partial charge < -0.3 is 9.67 Å². The lowest BCUT2D eigenvalue weighted by Crippen LogP contribution is -2.25. The summed E-state index contributed by atoms with van der Waals surface area (Å²) in [7, 11) is 0. The number of aromatic hydroxyl groups is 1. The van der Waals surface area contributed by atoms with E-state index in [1.807, 2.05) is 85.8 Å². The monoisotopic (exact) mass is 355 g/mol. The zero-order valence-electron chi connectivity index (χ0n) is 15.2. The smallest absolute Gasteiger partial charge is 0.258 e. The Morgan fingerprint density at radius 2 is 1.44 bits per heavy atom. The van der Waals surface area contributed by atoms with Crippen molar-refractivity contribution in [3.8, 4) is 5.75 Å². The third kappa shape index (κ3) is 3.24. The molecule has 0 aliphatic rings. The van der Waals surface area contributed by atoms with Gasteiger partial charge in [0.25, 0.3) is 5.56 Å². The maximum Gasteiger partial charge on any atom is 0.258 e. The number of fused-ring (bicyclic) bond motifs is 1. The minimum atomic E-state index is -0.137. The lowest BCUT2D eigenvalue weighted by molar-refractivity contribution is 0.472. The summed E-state index contributed by atoms with van der Waals surface area (Å²) in [5, 5.41) is 11.6. The number of hydrogen-bond acceptors (Lipinski definition) is 2. The van der Waals surface area contributed by atoms with Crippen LogP contribution in [0.25, 0.3) is 10.9 Å². The van der Waals surface area contributed by atoms with Gasteiger partial charge in [0.1, 0.15) is 5.75 Å². The van der Waals surface area contributed by atoms with Crippen molar-refractivity contribution in [2.45, 2.75) is 19.9 Å². The van der Waals surface area contributed by atoms with Gasteiger partial charge in [0.05, 0.1) is 17.6 Å². The van der Waals surface area contributed by atoms with E-state index in [9.17, 15) is 9.90 Å². The van der Waals surface area contributed by atoms with Crippen molar-refractivity contribution in [3.63, 3.8) is 0 Å². The Morgan fingerprint density at radius 1 is 0.815 bits per heavy atom. The second-order valence-electron chi connectivity index (χ2n) is 6.84. The largest absolute Gasteiger partial charge is 0.507 e. The van der Waals surface area contributed by atoms with Crippen molar-refractivity contribution >= 4 is 10.9 Å². The van der Waals surface area contributed by atoms with Crippen LogP contribution in [-0.2, 0) is 13.0 Å². The SMILES string of the molecule is Cc1cccc2c(O)c(Cc3ccccc3)c(=O)n(Cc3ccccc3)c12. The van der Waals surface area contributed by atoms with Crippen molar-refractivity contribution in [1.82, 2.24) is 4.57 Å². The molecule has 0 spiro atoms. The van der Waals surface area contributed by atoms with Crippen molar-refractivity contribution in [2.75, 3.05) is 0 Å². The van der Waals surface area contributed by atoms with Gasteiger partial charge in [-0.05, 0) is 29.7 Å². The van der Waals surface area contributed by atoms with Gasteiger partial charge in [-0.15, -0.1) is 0 Å². The van der Waals surface area contributed by atoms with Gasteiger partial charge in [-0.25, -0.2) is 0 Å². The molecule has 0 unspecified atom stereocenters. The molecule has 4 aromatic rings. The molecule has 27 heavy (non-hydrogen) atoms. The predicted molar refractivity (Wildman–Crippen MR) is 109 cm³/mol. The molecule has 0 aliphatic carbocycles. The highest BCUT2D eigenvalue weighted by molar-refractivity contribution is 5.89. The summed E-state index contributed by atoms with van der Waals surface area (Å²) < 4.78 is 1.79. The zero-order valence-corrected chi connectivity index (χ0v) is 15.2. The Balaban J connectivity index is 1.95. The van der Waals surface area contributed by atoms with E-state index in [-0.39, 0.29) is 11.3 Å². The van der Waals surface area contributed by atoms with Crippen molar-refractivity contribution in [1.29, 1.82) is 0 Å². The first-order chi connectivity index (χ1) is 13.1. The number of pyridine rings is 1. The lowest BCUT2D eigenvalue weighted by Gasteiger charge is -2.17. The topological polar surface area (TPSA) is 42.2 Å². The van der Waals surface area contributed by atoms with E-state index in [4.69, 9.17) is 0 Å². The summed E-state index contributed by atoms with van der Waals surface area (Å²) in [6, 6.07) is 25.5. The standard InChI is InChI=1S/C24H21NO2/c1-17-9-8-14-20-22(17)25(16-19-12-6-3-7-13-19)24(27)21(23(20)26)15-18-10-4-2-5-11-18/h2-14,26H,15-16H2,1H3. The van der Waals surface area contributed by atoms with Gasteiger partial charge in [-0.2, -0.15) is 0 Å². The second kappa shape index (κ2) is 7.12. The van der Waals surface area contributed by atoms with Gasteiger partial charge >= 0.3 is 0 Å². The normalized spacial score (nSPS) is 11.0. The maximum atomic E-state index is 13.4. The molecule has 0 aliphatic heterocycles. The van der Waals surface area contributed by atoms with Crippen LogP contribution in [-0.4, -0.2) is 9.67 Å². The summed E-state index contributed by atoms with van der Waals surface area (Å²) in [4.78, 5) is 13.4. The van der Waals surface area contributed by atoms with Gasteiger partial charge in [-0.3, -0.25) is 4.79 Å². The Hall–Kier alpha value is -3.33. The first kappa shape index (κ1) is 17.1. The number of aromatic nitrogens is 1. The van der Waals surface area contributed by atoms with E-state index >= 15 is 0 Å². The molecule has 0 atom stereocenters. The third-order valence-corrected chi connectivity index (χ3v) is 4.96. The van der Waals surface area contributed by atoms with Crippen LogP contribution in [0, 0.1) is 6.92 Å². The lowest BCUT2D eigenvalue weighted by atomic mass is 10.0. The number of para-hydroxylation sites is 1. The molecule has 1 aromatic heterocycles. The number of nitrogens with zero attached hydrogens (tertiary/aromatic N) is 1. The number of aryl methyl sites for hydroxylation is 1. The van der Waals surface area contributed by atoms with Crippen molar-refractivity contribution in [3.05, 3.63) is 111 Å². The van der Waals surface area contributed by atoms with Crippen LogP contribution in [0.15, 0.2) is 83.7 Å². The second-order valence-corrected chi connectivity index (χ2v) is 6.84. The Kier molecular flexibility index (Phi) is 4.51. The molecule has 0 fully saturated rings. The number of hydrogen-bond donors (Lipinski definition) is 1. The minimum Gasteiger partial charge on any atom is -0.507 e. The zero-order chi connectivity index (χ0) is 18.8. The van der Waals surface area contributed by atoms with E-state index < -0.39 is 0 Å². The molecule has 0 bridgehead atoms. The summed E-state index contributed by atoms with van der Waals surface area (Å²) in [6.07, 6.45) is 0.407. The van der Waals surface area contributed by atoms with E-state index in [0.29, 0.717) is 18.5 Å². The summed E-state index contributed by atoms with van der Waals surface area (Å²) >= 11 is 0. The van der Waals surface area contributed by atoms with Gasteiger partial charge in [-0.1, -0.05) is 72.8 Å². The number of rotatable bonds is 4. The first-order valence-electron chi connectivity index (χ1n) is 9.07. The van der Waals surface area contributed by atoms with Crippen LogP contribution in [0.5, 0.6) is 5.75 Å². The van der Waals surface area contributed by atoms with E-state index in [1.165, 1.54) is 0 Å². The molecule has 0 saturated carbocycles. The van der Waals surface area contributed by atoms with E-state index in [1.54, 1.807) is 4.57 Å². The fraction of sp³-hybridized carbons (Fsp3) is 0.125. The average molecular weight is 355 g/mol. The minimum absolute atomic E-state index is 0.0897. The molecule has 3 nitrogen and oxygen atoms in total. The fourth-order valence-electron chi connectivity index (χ4n) is 3.61. The number of benzene rings is 3. The van der Waals surface area contributed by atoms with Gasteiger partial charge in [0.2, 0.25) is 0 Å². The highest BCUT2D eigenvalue weighted by Crippen LogP contribution is 2.30. The molecule has 134 valence electrons. The molecular weight excluding hydrogens is 334 g/mol. The van der Waals surface area contributed by atoms with Crippen LogP contribution in [0.1, 0.15) is 22.3 Å². The molecule has 3 aromatic carbocycles. The quantitative estimate of drug-likeness (QED) is 0.579. The Labute approximate surface area is 158 Å². The van der Waals surface area contributed by atoms with Crippen LogP contribution < -0.4 is 5.56 Å². The highest BCUT2D eigenvalue weighted by atomic mass is 16.3.